The van der Waals surface area contributed by atoms with E-state index < -0.39 is 10.0 Å². The number of carbonyl (C=O) groups is 1. The van der Waals surface area contributed by atoms with Gasteiger partial charge in [-0.25, -0.2) is 8.42 Å². The minimum absolute atomic E-state index is 0.0916. The number of sulfonamides is 1. The lowest BCUT2D eigenvalue weighted by molar-refractivity contribution is -0.117. The second-order valence-electron chi connectivity index (χ2n) is 6.55. The maximum atomic E-state index is 12.7. The van der Waals surface area contributed by atoms with Crippen LogP contribution in [0.15, 0.2) is 53.4 Å². The molecule has 2 aromatic rings. The van der Waals surface area contributed by atoms with E-state index in [1.54, 1.807) is 24.3 Å². The summed E-state index contributed by atoms with van der Waals surface area (Å²) in [6, 6.07) is 14.5. The van der Waals surface area contributed by atoms with Crippen LogP contribution in [0.2, 0.25) is 0 Å². The van der Waals surface area contributed by atoms with E-state index in [-0.39, 0.29) is 12.5 Å². The Morgan fingerprint density at radius 3 is 2.19 bits per heavy atom. The standard InChI is InChI=1S/C19H22IN3O3S/c1-15-2-8-18(9-3-15)27(25,26)23-12-10-22(11-13-23)14-19(24)21-17-6-4-16(20)5-7-17/h2-9H,10-14H2,1H3,(H,21,24). The Bertz CT molecular complexity index is 891. The molecule has 0 atom stereocenters. The molecule has 1 N–H and O–H groups in total. The number of benzene rings is 2. The third-order valence-corrected chi connectivity index (χ3v) is 7.12. The highest BCUT2D eigenvalue weighted by molar-refractivity contribution is 14.1. The summed E-state index contributed by atoms with van der Waals surface area (Å²) in [5.74, 6) is -0.0916. The molecule has 0 saturated carbocycles. The van der Waals surface area contributed by atoms with E-state index in [0.29, 0.717) is 31.1 Å². The number of aryl methyl sites for hydroxylation is 1. The lowest BCUT2D eigenvalue weighted by Crippen LogP contribution is -2.50. The van der Waals surface area contributed by atoms with Crippen molar-refractivity contribution in [3.8, 4) is 0 Å². The molecule has 1 aliphatic heterocycles. The first-order chi connectivity index (χ1) is 12.8. The fourth-order valence-electron chi connectivity index (χ4n) is 2.92. The minimum atomic E-state index is -3.48. The molecule has 1 fully saturated rings. The van der Waals surface area contributed by atoms with E-state index >= 15 is 0 Å². The third-order valence-electron chi connectivity index (χ3n) is 4.49. The summed E-state index contributed by atoms with van der Waals surface area (Å²) in [4.78, 5) is 14.5. The number of nitrogens with zero attached hydrogens (tertiary/aromatic N) is 2. The normalized spacial score (nSPS) is 16.2. The summed E-state index contributed by atoms with van der Waals surface area (Å²) in [5, 5.41) is 2.87. The van der Waals surface area contributed by atoms with E-state index in [1.165, 1.54) is 4.31 Å². The highest BCUT2D eigenvalue weighted by Gasteiger charge is 2.28. The van der Waals surface area contributed by atoms with E-state index in [2.05, 4.69) is 27.9 Å². The van der Waals surface area contributed by atoms with Gasteiger partial charge < -0.3 is 5.32 Å². The molecule has 144 valence electrons. The summed E-state index contributed by atoms with van der Waals surface area (Å²) in [7, 11) is -3.48. The number of nitrogens with one attached hydrogen (secondary N) is 1. The molecule has 0 spiro atoms. The maximum absolute atomic E-state index is 12.7. The van der Waals surface area contributed by atoms with Gasteiger partial charge in [-0.15, -0.1) is 0 Å². The van der Waals surface area contributed by atoms with Crippen LogP contribution in [-0.4, -0.2) is 56.3 Å². The van der Waals surface area contributed by atoms with Gasteiger partial charge in [0.25, 0.3) is 0 Å². The topological polar surface area (TPSA) is 69.7 Å². The van der Waals surface area contributed by atoms with Crippen LogP contribution < -0.4 is 5.32 Å². The van der Waals surface area contributed by atoms with Crippen molar-refractivity contribution in [1.29, 1.82) is 0 Å². The van der Waals surface area contributed by atoms with Gasteiger partial charge in [0.1, 0.15) is 0 Å². The Hall–Kier alpha value is -1.49. The second-order valence-corrected chi connectivity index (χ2v) is 9.73. The summed E-state index contributed by atoms with van der Waals surface area (Å²) in [6.45, 7) is 4.01. The predicted molar refractivity (Wildman–Crippen MR) is 114 cm³/mol. The van der Waals surface area contributed by atoms with Crippen LogP contribution in [0.4, 0.5) is 5.69 Å². The SMILES string of the molecule is Cc1ccc(S(=O)(=O)N2CCN(CC(=O)Nc3ccc(I)cc3)CC2)cc1. The number of piperazine rings is 1. The van der Waals surface area contributed by atoms with Crippen molar-refractivity contribution < 1.29 is 13.2 Å². The number of hydrogen-bond acceptors (Lipinski definition) is 4. The van der Waals surface area contributed by atoms with Crippen molar-refractivity contribution in [1.82, 2.24) is 9.21 Å². The quantitative estimate of drug-likeness (QED) is 0.643. The zero-order valence-electron chi connectivity index (χ0n) is 15.1. The number of rotatable bonds is 5. The Morgan fingerprint density at radius 2 is 1.59 bits per heavy atom. The summed E-state index contributed by atoms with van der Waals surface area (Å²) in [6.07, 6.45) is 0. The van der Waals surface area contributed by atoms with Gasteiger partial charge in [0.2, 0.25) is 15.9 Å². The fourth-order valence-corrected chi connectivity index (χ4v) is 4.71. The molecule has 2 aromatic carbocycles. The highest BCUT2D eigenvalue weighted by Crippen LogP contribution is 2.18. The fraction of sp³-hybridized carbons (Fsp3) is 0.316. The summed E-state index contributed by atoms with van der Waals surface area (Å²) in [5.41, 5.74) is 1.79. The van der Waals surface area contributed by atoms with Crippen LogP contribution in [0.3, 0.4) is 0 Å². The number of amides is 1. The zero-order chi connectivity index (χ0) is 19.4. The highest BCUT2D eigenvalue weighted by atomic mass is 127. The van der Waals surface area contributed by atoms with Crippen LogP contribution in [0.5, 0.6) is 0 Å². The summed E-state index contributed by atoms with van der Waals surface area (Å²) < 4.78 is 28.0. The maximum Gasteiger partial charge on any atom is 0.243 e. The molecule has 0 aromatic heterocycles. The van der Waals surface area contributed by atoms with E-state index in [1.807, 2.05) is 36.1 Å². The third kappa shape index (κ3) is 5.28. The van der Waals surface area contributed by atoms with Crippen molar-refractivity contribution in [3.63, 3.8) is 0 Å². The number of hydrogen-bond donors (Lipinski definition) is 1. The van der Waals surface area contributed by atoms with Gasteiger partial charge in [-0.05, 0) is 65.9 Å². The Labute approximate surface area is 173 Å². The van der Waals surface area contributed by atoms with Gasteiger partial charge >= 0.3 is 0 Å². The van der Waals surface area contributed by atoms with Crippen molar-refractivity contribution >= 4 is 44.2 Å². The molecule has 0 unspecified atom stereocenters. The molecule has 0 radical (unpaired) electrons. The first kappa shape index (κ1) is 20.2. The average molecular weight is 499 g/mol. The van der Waals surface area contributed by atoms with Crippen LogP contribution in [0.1, 0.15) is 5.56 Å². The number of halogens is 1. The molecule has 27 heavy (non-hydrogen) atoms. The van der Waals surface area contributed by atoms with Crippen LogP contribution in [-0.2, 0) is 14.8 Å². The van der Waals surface area contributed by atoms with E-state index in [9.17, 15) is 13.2 Å². The molecule has 1 aliphatic rings. The summed E-state index contributed by atoms with van der Waals surface area (Å²) >= 11 is 2.21. The number of carbonyl (C=O) groups excluding carboxylic acids is 1. The van der Waals surface area contributed by atoms with Crippen molar-refractivity contribution in [2.24, 2.45) is 0 Å². The molecule has 3 rings (SSSR count). The van der Waals surface area contributed by atoms with Crippen LogP contribution in [0, 0.1) is 10.5 Å². The average Bonchev–Trinajstić information content (AvgIpc) is 2.64. The molecule has 0 aliphatic carbocycles. The molecule has 1 amide bonds. The first-order valence-corrected chi connectivity index (χ1v) is 11.2. The smallest absolute Gasteiger partial charge is 0.243 e. The van der Waals surface area contributed by atoms with Gasteiger partial charge in [0.15, 0.2) is 0 Å². The van der Waals surface area contributed by atoms with Crippen molar-refractivity contribution in [2.75, 3.05) is 38.0 Å². The van der Waals surface area contributed by atoms with Crippen molar-refractivity contribution in [2.45, 2.75) is 11.8 Å². The van der Waals surface area contributed by atoms with Gasteiger partial charge in [-0.2, -0.15) is 4.31 Å². The van der Waals surface area contributed by atoms with Gasteiger partial charge in [-0.3, -0.25) is 9.69 Å². The first-order valence-electron chi connectivity index (χ1n) is 8.69. The molecule has 1 heterocycles. The largest absolute Gasteiger partial charge is 0.325 e. The predicted octanol–water partition coefficient (Wildman–Crippen LogP) is 2.54. The van der Waals surface area contributed by atoms with Gasteiger partial charge in [-0.1, -0.05) is 17.7 Å². The van der Waals surface area contributed by atoms with Crippen molar-refractivity contribution in [3.05, 3.63) is 57.7 Å². The van der Waals surface area contributed by atoms with Gasteiger partial charge in [0.05, 0.1) is 11.4 Å². The van der Waals surface area contributed by atoms with Gasteiger partial charge in [0, 0.05) is 35.4 Å². The Balaban J connectivity index is 1.53. The number of anilines is 1. The van der Waals surface area contributed by atoms with Crippen LogP contribution in [0.25, 0.3) is 0 Å². The molecule has 0 bridgehead atoms. The Morgan fingerprint density at radius 1 is 1.00 bits per heavy atom. The Kier molecular flexibility index (Phi) is 6.51. The second kappa shape index (κ2) is 8.68. The van der Waals surface area contributed by atoms with E-state index in [0.717, 1.165) is 14.8 Å². The molecule has 6 nitrogen and oxygen atoms in total. The van der Waals surface area contributed by atoms with E-state index in [4.69, 9.17) is 0 Å². The van der Waals surface area contributed by atoms with Crippen LogP contribution >= 0.6 is 22.6 Å². The monoisotopic (exact) mass is 499 g/mol. The molecular weight excluding hydrogens is 477 g/mol. The zero-order valence-corrected chi connectivity index (χ0v) is 18.0. The lowest BCUT2D eigenvalue weighted by Gasteiger charge is -2.33. The molecule has 8 heteroatoms. The molecule has 1 saturated heterocycles. The molecular formula is C19H22IN3O3S. The lowest BCUT2D eigenvalue weighted by atomic mass is 10.2. The minimum Gasteiger partial charge on any atom is -0.325 e.